The Kier molecular flexibility index (Phi) is 7.97. The fourth-order valence-electron chi connectivity index (χ4n) is 7.84. The van der Waals surface area contributed by atoms with Crippen molar-refractivity contribution in [3.63, 3.8) is 0 Å². The van der Waals surface area contributed by atoms with Crippen LogP contribution >= 0.6 is 11.3 Å². The third-order valence-electron chi connectivity index (χ3n) is 10.7. The molecule has 0 unspecified atom stereocenters. The van der Waals surface area contributed by atoms with Gasteiger partial charge in [0.25, 0.3) is 0 Å². The van der Waals surface area contributed by atoms with Gasteiger partial charge in [0.1, 0.15) is 0 Å². The highest BCUT2D eigenvalue weighted by Gasteiger charge is 2.19. The van der Waals surface area contributed by atoms with Gasteiger partial charge in [0, 0.05) is 37.9 Å². The summed E-state index contributed by atoms with van der Waals surface area (Å²) in [5.41, 5.74) is 10.7. The van der Waals surface area contributed by atoms with Crippen molar-refractivity contribution in [3.05, 3.63) is 194 Å². The van der Waals surface area contributed by atoms with Crippen LogP contribution in [0.5, 0.6) is 0 Å². The number of fused-ring (bicyclic) bond motifs is 6. The van der Waals surface area contributed by atoms with Crippen molar-refractivity contribution >= 4 is 53.2 Å². The van der Waals surface area contributed by atoms with Gasteiger partial charge in [-0.2, -0.15) is 0 Å². The van der Waals surface area contributed by atoms with E-state index in [1.54, 1.807) is 11.3 Å². The predicted octanol–water partition coefficient (Wildman–Crippen LogP) is 13.9. The van der Waals surface area contributed by atoms with Crippen LogP contribution in [0.15, 0.2) is 194 Å². The van der Waals surface area contributed by atoms with E-state index in [4.69, 9.17) is 19.9 Å². The molecule has 0 radical (unpaired) electrons. The summed E-state index contributed by atoms with van der Waals surface area (Å²) in [7, 11) is 0. The summed E-state index contributed by atoms with van der Waals surface area (Å²) < 4.78 is 2.28. The maximum Gasteiger partial charge on any atom is 0.160 e. The Morgan fingerprint density at radius 2 is 0.895 bits per heavy atom. The molecule has 0 aliphatic heterocycles. The van der Waals surface area contributed by atoms with E-state index in [1.165, 1.54) is 26.2 Å². The lowest BCUT2D eigenvalue weighted by Crippen LogP contribution is -1.98. The molecule has 11 aromatic rings. The van der Waals surface area contributed by atoms with Gasteiger partial charge in [0.2, 0.25) is 0 Å². The molecule has 4 nitrogen and oxygen atoms in total. The summed E-state index contributed by atoms with van der Waals surface area (Å²) in [6.07, 6.45) is 0. The van der Waals surface area contributed by atoms with Crippen molar-refractivity contribution in [1.82, 2.24) is 19.9 Å². The molecule has 11 rings (SSSR count). The summed E-state index contributed by atoms with van der Waals surface area (Å²) in [6, 6.07) is 68.0. The largest absolute Gasteiger partial charge is 0.228 e. The number of thiophene rings is 1. The van der Waals surface area contributed by atoms with Crippen LogP contribution in [0.2, 0.25) is 0 Å². The molecule has 0 aliphatic rings. The van der Waals surface area contributed by atoms with E-state index >= 15 is 0 Å². The molecular formula is C52H32N4S. The van der Waals surface area contributed by atoms with Crippen LogP contribution in [0.1, 0.15) is 0 Å². The van der Waals surface area contributed by atoms with Crippen LogP contribution in [0, 0.1) is 0 Å². The standard InChI is InChI=1S/C52H32N4S/c1-4-15-34(16-5-1)45-32-46(54-51(53-45)36-19-8-3-9-20-36)40-29-39(37-26-27-43-38(28-37)25-24-33-14-10-11-21-42(33)43)30-41(31-40)52-55-48(35-17-6-2-7-18-35)50-49(56-52)44-22-12-13-23-47(44)57-50/h1-32H. The SMILES string of the molecule is c1ccc(-c2cc(-c3cc(-c4ccc5c(ccc6ccccc65)c4)cc(-c4nc(-c5ccccc5)c5sc6ccccc6c5n4)c3)nc(-c3ccccc3)n2)cc1. The summed E-state index contributed by atoms with van der Waals surface area (Å²) in [6.45, 7) is 0. The molecule has 0 amide bonds. The third kappa shape index (κ3) is 6.02. The number of nitrogens with zero attached hydrogens (tertiary/aromatic N) is 4. The van der Waals surface area contributed by atoms with Gasteiger partial charge >= 0.3 is 0 Å². The Hall–Kier alpha value is -7.34. The smallest absolute Gasteiger partial charge is 0.160 e. The minimum absolute atomic E-state index is 0.667. The molecule has 0 saturated carbocycles. The lowest BCUT2D eigenvalue weighted by Gasteiger charge is -2.14. The van der Waals surface area contributed by atoms with Crippen molar-refractivity contribution in [2.24, 2.45) is 0 Å². The van der Waals surface area contributed by atoms with E-state index < -0.39 is 0 Å². The molecule has 0 spiro atoms. The molecule has 0 atom stereocenters. The van der Waals surface area contributed by atoms with E-state index in [0.29, 0.717) is 11.6 Å². The van der Waals surface area contributed by atoms with Gasteiger partial charge < -0.3 is 0 Å². The first-order valence-corrected chi connectivity index (χ1v) is 19.9. The molecule has 57 heavy (non-hydrogen) atoms. The second kappa shape index (κ2) is 13.7. The topological polar surface area (TPSA) is 51.6 Å². The first-order valence-electron chi connectivity index (χ1n) is 19.0. The normalized spacial score (nSPS) is 11.5. The van der Waals surface area contributed by atoms with Crippen molar-refractivity contribution in [2.75, 3.05) is 0 Å². The van der Waals surface area contributed by atoms with E-state index in [1.807, 2.05) is 42.5 Å². The maximum absolute atomic E-state index is 5.39. The minimum atomic E-state index is 0.667. The zero-order valence-electron chi connectivity index (χ0n) is 30.7. The van der Waals surface area contributed by atoms with Crippen LogP contribution in [0.25, 0.3) is 110 Å². The van der Waals surface area contributed by atoms with Crippen LogP contribution in [0.3, 0.4) is 0 Å². The molecule has 5 heteroatoms. The molecule has 3 heterocycles. The van der Waals surface area contributed by atoms with Gasteiger partial charge in [0.15, 0.2) is 11.6 Å². The van der Waals surface area contributed by atoms with Crippen molar-refractivity contribution in [3.8, 4) is 67.7 Å². The average molecular weight is 745 g/mol. The summed E-state index contributed by atoms with van der Waals surface area (Å²) >= 11 is 1.75. The van der Waals surface area contributed by atoms with Gasteiger partial charge in [-0.05, 0) is 69.1 Å². The fourth-order valence-corrected chi connectivity index (χ4v) is 9.00. The lowest BCUT2D eigenvalue weighted by molar-refractivity contribution is 1.18. The monoisotopic (exact) mass is 744 g/mol. The summed E-state index contributed by atoms with van der Waals surface area (Å²) in [5, 5.41) is 6.03. The molecule has 0 saturated heterocycles. The van der Waals surface area contributed by atoms with Crippen molar-refractivity contribution in [2.45, 2.75) is 0 Å². The summed E-state index contributed by atoms with van der Waals surface area (Å²) in [5.74, 6) is 1.34. The Morgan fingerprint density at radius 3 is 1.68 bits per heavy atom. The molecule has 8 aromatic carbocycles. The second-order valence-electron chi connectivity index (χ2n) is 14.3. The molecule has 0 bridgehead atoms. The lowest BCUT2D eigenvalue weighted by atomic mass is 9.94. The van der Waals surface area contributed by atoms with E-state index in [-0.39, 0.29) is 0 Å². The third-order valence-corrected chi connectivity index (χ3v) is 11.8. The van der Waals surface area contributed by atoms with Crippen molar-refractivity contribution in [1.29, 1.82) is 0 Å². The molecule has 3 aromatic heterocycles. The zero-order chi connectivity index (χ0) is 37.7. The van der Waals surface area contributed by atoms with E-state index in [0.717, 1.165) is 71.6 Å². The Bertz CT molecular complexity index is 3230. The molecule has 0 fully saturated rings. The maximum atomic E-state index is 5.39. The number of hydrogen-bond donors (Lipinski definition) is 0. The van der Waals surface area contributed by atoms with Crippen LogP contribution in [-0.2, 0) is 0 Å². The quantitative estimate of drug-likeness (QED) is 0.159. The first-order chi connectivity index (χ1) is 28.2. The number of hydrogen-bond acceptors (Lipinski definition) is 5. The molecule has 0 aliphatic carbocycles. The fraction of sp³-hybridized carbons (Fsp3) is 0. The zero-order valence-corrected chi connectivity index (χ0v) is 31.5. The van der Waals surface area contributed by atoms with E-state index in [9.17, 15) is 0 Å². The second-order valence-corrected chi connectivity index (χ2v) is 15.3. The average Bonchev–Trinajstić information content (AvgIpc) is 3.68. The Balaban J connectivity index is 1.18. The Labute approximate surface area is 333 Å². The van der Waals surface area contributed by atoms with Gasteiger partial charge in [-0.1, -0.05) is 158 Å². The highest BCUT2D eigenvalue weighted by Crippen LogP contribution is 2.41. The molecule has 266 valence electrons. The summed E-state index contributed by atoms with van der Waals surface area (Å²) in [4.78, 5) is 21.1. The number of benzene rings is 8. The van der Waals surface area contributed by atoms with Crippen LogP contribution < -0.4 is 0 Å². The van der Waals surface area contributed by atoms with Crippen LogP contribution in [0.4, 0.5) is 0 Å². The number of rotatable bonds is 6. The highest BCUT2D eigenvalue weighted by molar-refractivity contribution is 7.26. The predicted molar refractivity (Wildman–Crippen MR) is 238 cm³/mol. The molecular weight excluding hydrogens is 713 g/mol. The van der Waals surface area contributed by atoms with Crippen molar-refractivity contribution < 1.29 is 0 Å². The highest BCUT2D eigenvalue weighted by atomic mass is 32.1. The number of aromatic nitrogens is 4. The van der Waals surface area contributed by atoms with Gasteiger partial charge in [-0.3, -0.25) is 0 Å². The molecule has 0 N–H and O–H groups in total. The van der Waals surface area contributed by atoms with Crippen LogP contribution in [-0.4, -0.2) is 19.9 Å². The van der Waals surface area contributed by atoms with E-state index in [2.05, 4.69) is 152 Å². The van der Waals surface area contributed by atoms with Gasteiger partial charge in [0.05, 0.1) is 27.3 Å². The first kappa shape index (κ1) is 33.0. The van der Waals surface area contributed by atoms with Gasteiger partial charge in [-0.25, -0.2) is 19.9 Å². The van der Waals surface area contributed by atoms with Gasteiger partial charge in [-0.15, -0.1) is 11.3 Å². The Morgan fingerprint density at radius 1 is 0.316 bits per heavy atom. The minimum Gasteiger partial charge on any atom is -0.228 e.